The minimum Gasteiger partial charge on any atom is -0.493 e. The highest BCUT2D eigenvalue weighted by Gasteiger charge is 2.37. The topological polar surface area (TPSA) is 119 Å². The van der Waals surface area contributed by atoms with Crippen molar-refractivity contribution in [2.24, 2.45) is 11.7 Å². The number of primary amides is 1. The second-order valence-corrected chi connectivity index (χ2v) is 10.2. The Labute approximate surface area is 229 Å². The maximum atomic E-state index is 12.9. The van der Waals surface area contributed by atoms with Gasteiger partial charge in [0.05, 0.1) is 18.8 Å². The third-order valence-electron chi connectivity index (χ3n) is 7.69. The number of carbonyl (C=O) groups is 3. The van der Waals surface area contributed by atoms with Gasteiger partial charge in [-0.05, 0) is 75.2 Å². The predicted molar refractivity (Wildman–Crippen MR) is 147 cm³/mol. The van der Waals surface area contributed by atoms with Gasteiger partial charge in [-0.25, -0.2) is 9.59 Å². The molecule has 8 heteroatoms. The van der Waals surface area contributed by atoms with Crippen molar-refractivity contribution >= 4 is 17.8 Å². The van der Waals surface area contributed by atoms with E-state index in [1.54, 1.807) is 0 Å². The largest absolute Gasteiger partial charge is 0.493 e. The van der Waals surface area contributed by atoms with E-state index in [4.69, 9.17) is 15.2 Å². The fourth-order valence-electron chi connectivity index (χ4n) is 5.56. The molecule has 3 N–H and O–H groups in total. The van der Waals surface area contributed by atoms with E-state index < -0.39 is 11.9 Å². The fourth-order valence-corrected chi connectivity index (χ4v) is 5.56. The standard InChI is InChI=1S/C31H38N2O6/c32-29(34)24-16-18-33(19-17-24)26-12-6-11-25(28(26)30(35)36)31(37)39-21-7-20-38-27-13-5-4-10-23(27)15-14-22-8-2-1-3-9-22/h1-5,8-10,13,24,26H,6-7,11-12,14-21H2,(H2,32,34)(H,35,36). The fraction of sp³-hybridized carbons (Fsp3) is 0.452. The van der Waals surface area contributed by atoms with Crippen molar-refractivity contribution in [2.45, 2.75) is 57.4 Å². The zero-order valence-electron chi connectivity index (χ0n) is 22.3. The van der Waals surface area contributed by atoms with Crippen LogP contribution in [-0.4, -0.2) is 60.2 Å². The summed E-state index contributed by atoms with van der Waals surface area (Å²) in [5.41, 5.74) is 8.23. The Hall–Kier alpha value is -3.65. The minimum atomic E-state index is -1.08. The molecule has 1 aliphatic heterocycles. The van der Waals surface area contributed by atoms with Crippen LogP contribution in [0.15, 0.2) is 65.7 Å². The third kappa shape index (κ3) is 7.69. The molecule has 1 saturated heterocycles. The van der Waals surface area contributed by atoms with Gasteiger partial charge in [0.2, 0.25) is 5.91 Å². The van der Waals surface area contributed by atoms with Gasteiger partial charge in [0, 0.05) is 24.0 Å². The van der Waals surface area contributed by atoms with Gasteiger partial charge < -0.3 is 20.3 Å². The lowest BCUT2D eigenvalue weighted by atomic mass is 9.84. The van der Waals surface area contributed by atoms with Crippen molar-refractivity contribution in [1.29, 1.82) is 0 Å². The van der Waals surface area contributed by atoms with Crippen LogP contribution in [0.1, 0.15) is 49.7 Å². The molecule has 0 spiro atoms. The molecule has 1 aliphatic carbocycles. The first kappa shape index (κ1) is 28.4. The van der Waals surface area contributed by atoms with Gasteiger partial charge in [-0.15, -0.1) is 0 Å². The van der Waals surface area contributed by atoms with Gasteiger partial charge in [-0.2, -0.15) is 0 Å². The Morgan fingerprint density at radius 1 is 0.923 bits per heavy atom. The maximum absolute atomic E-state index is 12.9. The van der Waals surface area contributed by atoms with Crippen molar-refractivity contribution in [2.75, 3.05) is 26.3 Å². The Balaban J connectivity index is 1.28. The number of rotatable bonds is 12. The molecule has 1 atom stereocenters. The molecule has 39 heavy (non-hydrogen) atoms. The number of aliphatic carboxylic acids is 1. The normalized spacial score (nSPS) is 18.5. The van der Waals surface area contributed by atoms with Crippen LogP contribution >= 0.6 is 0 Å². The number of carboxylic acid groups (broad SMARTS) is 1. The number of hydrogen-bond acceptors (Lipinski definition) is 6. The summed E-state index contributed by atoms with van der Waals surface area (Å²) in [6.07, 6.45) is 5.26. The summed E-state index contributed by atoms with van der Waals surface area (Å²) in [7, 11) is 0. The Morgan fingerprint density at radius 2 is 1.64 bits per heavy atom. The molecule has 2 aromatic carbocycles. The van der Waals surface area contributed by atoms with Crippen molar-refractivity contribution in [3.63, 3.8) is 0 Å². The first-order chi connectivity index (χ1) is 18.9. The molecular formula is C31H38N2O6. The number of carbonyl (C=O) groups excluding carboxylic acids is 2. The molecule has 1 amide bonds. The van der Waals surface area contributed by atoms with Crippen molar-refractivity contribution < 1.29 is 29.0 Å². The van der Waals surface area contributed by atoms with E-state index in [0.717, 1.165) is 24.2 Å². The van der Waals surface area contributed by atoms with E-state index in [1.165, 1.54) is 5.56 Å². The number of benzene rings is 2. The van der Waals surface area contributed by atoms with Crippen molar-refractivity contribution in [3.05, 3.63) is 76.9 Å². The minimum absolute atomic E-state index is 0.132. The molecule has 0 radical (unpaired) electrons. The molecule has 208 valence electrons. The number of nitrogens with two attached hydrogens (primary N) is 1. The van der Waals surface area contributed by atoms with Crippen LogP contribution in [0.2, 0.25) is 0 Å². The summed E-state index contributed by atoms with van der Waals surface area (Å²) in [5, 5.41) is 9.99. The number of carboxylic acids is 1. The quantitative estimate of drug-likeness (QED) is 0.313. The number of hydrogen-bond donors (Lipinski definition) is 2. The Morgan fingerprint density at radius 3 is 2.36 bits per heavy atom. The second kappa shape index (κ2) is 13.9. The number of ether oxygens (including phenoxy) is 2. The lowest BCUT2D eigenvalue weighted by Gasteiger charge is -2.39. The molecule has 8 nitrogen and oxygen atoms in total. The summed E-state index contributed by atoms with van der Waals surface area (Å²) >= 11 is 0. The molecule has 0 bridgehead atoms. The Bertz CT molecular complexity index is 1170. The van der Waals surface area contributed by atoms with Gasteiger partial charge in [0.1, 0.15) is 5.75 Å². The molecule has 2 aliphatic rings. The van der Waals surface area contributed by atoms with Gasteiger partial charge in [-0.1, -0.05) is 48.5 Å². The molecular weight excluding hydrogens is 496 g/mol. The molecule has 2 aromatic rings. The highest BCUT2D eigenvalue weighted by Crippen LogP contribution is 2.32. The summed E-state index contributed by atoms with van der Waals surface area (Å²) in [6.45, 7) is 1.71. The van der Waals surface area contributed by atoms with E-state index in [0.29, 0.717) is 58.2 Å². The van der Waals surface area contributed by atoms with Crippen molar-refractivity contribution in [3.8, 4) is 5.75 Å². The summed E-state index contributed by atoms with van der Waals surface area (Å²) < 4.78 is 11.5. The van der Waals surface area contributed by atoms with E-state index in [-0.39, 0.29) is 35.6 Å². The lowest BCUT2D eigenvalue weighted by Crippen LogP contribution is -2.47. The van der Waals surface area contributed by atoms with Gasteiger partial charge in [0.25, 0.3) is 0 Å². The zero-order chi connectivity index (χ0) is 27.6. The van der Waals surface area contributed by atoms with Crippen LogP contribution < -0.4 is 10.5 Å². The van der Waals surface area contributed by atoms with Crippen LogP contribution in [0.3, 0.4) is 0 Å². The third-order valence-corrected chi connectivity index (χ3v) is 7.69. The zero-order valence-corrected chi connectivity index (χ0v) is 22.3. The van der Waals surface area contributed by atoms with E-state index in [2.05, 4.69) is 23.1 Å². The molecule has 4 rings (SSSR count). The summed E-state index contributed by atoms with van der Waals surface area (Å²) in [5.74, 6) is -1.31. The van der Waals surface area contributed by atoms with Crippen LogP contribution in [0.5, 0.6) is 5.75 Å². The van der Waals surface area contributed by atoms with E-state index >= 15 is 0 Å². The number of aryl methyl sites for hydroxylation is 2. The summed E-state index contributed by atoms with van der Waals surface area (Å²) in [4.78, 5) is 38.7. The molecule has 0 aromatic heterocycles. The maximum Gasteiger partial charge on any atom is 0.334 e. The van der Waals surface area contributed by atoms with E-state index in [1.807, 2.05) is 36.4 Å². The van der Waals surface area contributed by atoms with Crippen LogP contribution in [0.25, 0.3) is 0 Å². The number of likely N-dealkylation sites (tertiary alicyclic amines) is 1. The lowest BCUT2D eigenvalue weighted by molar-refractivity contribution is -0.141. The monoisotopic (exact) mass is 534 g/mol. The molecule has 1 fully saturated rings. The highest BCUT2D eigenvalue weighted by atomic mass is 16.5. The first-order valence-electron chi connectivity index (χ1n) is 13.9. The SMILES string of the molecule is NC(=O)C1CCN(C2CCCC(C(=O)OCCCOc3ccccc3CCc3ccccc3)=C2C(=O)O)CC1. The molecule has 0 saturated carbocycles. The summed E-state index contributed by atoms with van der Waals surface area (Å²) in [6, 6.07) is 17.9. The molecule has 1 heterocycles. The first-order valence-corrected chi connectivity index (χ1v) is 13.9. The highest BCUT2D eigenvalue weighted by molar-refractivity contribution is 6.00. The number of esters is 1. The average molecular weight is 535 g/mol. The van der Waals surface area contributed by atoms with Gasteiger partial charge in [-0.3, -0.25) is 9.69 Å². The predicted octanol–water partition coefficient (Wildman–Crippen LogP) is 3.91. The van der Waals surface area contributed by atoms with E-state index in [9.17, 15) is 19.5 Å². The molecule has 1 unspecified atom stereocenters. The van der Waals surface area contributed by atoms with Gasteiger partial charge in [0.15, 0.2) is 0 Å². The number of para-hydroxylation sites is 1. The smallest absolute Gasteiger partial charge is 0.334 e. The Kier molecular flexibility index (Phi) is 10.1. The number of amides is 1. The van der Waals surface area contributed by atoms with Crippen LogP contribution in [-0.2, 0) is 32.0 Å². The van der Waals surface area contributed by atoms with Crippen LogP contribution in [0.4, 0.5) is 0 Å². The van der Waals surface area contributed by atoms with Gasteiger partial charge >= 0.3 is 11.9 Å². The number of piperidine rings is 1. The average Bonchev–Trinajstić information content (AvgIpc) is 2.96. The second-order valence-electron chi connectivity index (χ2n) is 10.2. The number of nitrogens with zero attached hydrogens (tertiary/aromatic N) is 1. The van der Waals surface area contributed by atoms with Crippen molar-refractivity contribution in [1.82, 2.24) is 4.90 Å². The van der Waals surface area contributed by atoms with Crippen LogP contribution in [0, 0.1) is 5.92 Å².